The van der Waals surface area contributed by atoms with Crippen LogP contribution >= 0.6 is 0 Å². The van der Waals surface area contributed by atoms with Gasteiger partial charge in [0.25, 0.3) is 0 Å². The minimum absolute atomic E-state index is 0.0795. The van der Waals surface area contributed by atoms with Gasteiger partial charge in [0, 0.05) is 5.56 Å². The molecule has 0 bridgehead atoms. The number of carbonyl (C=O) groups is 1. The summed E-state index contributed by atoms with van der Waals surface area (Å²) in [4.78, 5) is 13.0. The van der Waals surface area contributed by atoms with E-state index in [4.69, 9.17) is 4.74 Å². The number of unbranched alkanes of at least 4 members (excludes halogenated alkanes) is 18. The van der Waals surface area contributed by atoms with E-state index in [1.807, 2.05) is 18.2 Å². The predicted molar refractivity (Wildman–Crippen MR) is 171 cm³/mol. The monoisotopic (exact) mass is 550 g/mol. The van der Waals surface area contributed by atoms with E-state index in [9.17, 15) is 9.90 Å². The Morgan fingerprint density at radius 2 is 1.07 bits per heavy atom. The number of aryl methyl sites for hydroxylation is 1. The fourth-order valence-corrected chi connectivity index (χ4v) is 5.38. The number of hydrogen-bond acceptors (Lipinski definition) is 3. The first-order chi connectivity index (χ1) is 19.7. The van der Waals surface area contributed by atoms with E-state index >= 15 is 0 Å². The van der Waals surface area contributed by atoms with E-state index < -0.39 is 0 Å². The number of ketones is 1. The molecule has 0 aliphatic rings. The minimum Gasteiger partial charge on any atom is -0.507 e. The Bertz CT molecular complexity index is 902. The summed E-state index contributed by atoms with van der Waals surface area (Å²) in [5.41, 5.74) is 2.04. The molecule has 0 atom stereocenters. The maximum Gasteiger partial charge on any atom is 0.196 e. The van der Waals surface area contributed by atoms with Gasteiger partial charge in [-0.2, -0.15) is 0 Å². The van der Waals surface area contributed by atoms with Gasteiger partial charge in [-0.25, -0.2) is 0 Å². The van der Waals surface area contributed by atoms with E-state index in [-0.39, 0.29) is 11.5 Å². The van der Waals surface area contributed by atoms with Crippen LogP contribution in [0, 0.1) is 0 Å². The van der Waals surface area contributed by atoms with Crippen LogP contribution in [0.15, 0.2) is 42.5 Å². The molecule has 0 aliphatic heterocycles. The van der Waals surface area contributed by atoms with Gasteiger partial charge >= 0.3 is 0 Å². The Balaban J connectivity index is 1.61. The number of benzene rings is 2. The summed E-state index contributed by atoms with van der Waals surface area (Å²) in [6.07, 6.45) is 27.2. The minimum atomic E-state index is -0.149. The van der Waals surface area contributed by atoms with Crippen molar-refractivity contribution < 1.29 is 14.6 Å². The maximum atomic E-state index is 13.0. The fraction of sp³-hybridized carbons (Fsp3) is 0.649. The third-order valence-electron chi connectivity index (χ3n) is 8.01. The van der Waals surface area contributed by atoms with Crippen LogP contribution in [-0.4, -0.2) is 17.5 Å². The molecule has 0 amide bonds. The Morgan fingerprint density at radius 1 is 0.600 bits per heavy atom. The van der Waals surface area contributed by atoms with Crippen molar-refractivity contribution in [2.24, 2.45) is 0 Å². The van der Waals surface area contributed by atoms with Gasteiger partial charge in [-0.3, -0.25) is 4.79 Å². The summed E-state index contributed by atoms with van der Waals surface area (Å²) in [6.45, 7) is 5.24. The molecule has 0 fully saturated rings. The highest BCUT2D eigenvalue weighted by Crippen LogP contribution is 2.24. The third kappa shape index (κ3) is 14.9. The Kier molecular flexibility index (Phi) is 19.0. The molecule has 0 unspecified atom stereocenters. The average molecular weight is 551 g/mol. The lowest BCUT2D eigenvalue weighted by atomic mass is 9.98. The first-order valence-electron chi connectivity index (χ1n) is 16.7. The highest BCUT2D eigenvalue weighted by atomic mass is 16.5. The molecule has 1 N–H and O–H groups in total. The number of hydrogen-bond donors (Lipinski definition) is 1. The number of carbonyl (C=O) groups excluding carboxylic acids is 1. The van der Waals surface area contributed by atoms with E-state index in [1.165, 1.54) is 116 Å². The van der Waals surface area contributed by atoms with Gasteiger partial charge in [-0.1, -0.05) is 135 Å². The van der Waals surface area contributed by atoms with Crippen molar-refractivity contribution in [2.75, 3.05) is 6.61 Å². The first-order valence-corrected chi connectivity index (χ1v) is 16.7. The normalized spacial score (nSPS) is 11.2. The quantitative estimate of drug-likeness (QED) is 0.0987. The van der Waals surface area contributed by atoms with Crippen molar-refractivity contribution >= 4 is 5.78 Å². The van der Waals surface area contributed by atoms with Crippen LogP contribution in [0.5, 0.6) is 11.5 Å². The van der Waals surface area contributed by atoms with Crippen molar-refractivity contribution in [3.8, 4) is 11.5 Å². The Labute approximate surface area is 246 Å². The molecule has 40 heavy (non-hydrogen) atoms. The molecule has 3 nitrogen and oxygen atoms in total. The average Bonchev–Trinajstić information content (AvgIpc) is 2.97. The Hall–Kier alpha value is -2.29. The van der Waals surface area contributed by atoms with Gasteiger partial charge in [-0.05, 0) is 61.2 Å². The van der Waals surface area contributed by atoms with E-state index in [2.05, 4.69) is 13.8 Å². The zero-order chi connectivity index (χ0) is 28.7. The highest BCUT2D eigenvalue weighted by Gasteiger charge is 2.14. The van der Waals surface area contributed by atoms with Gasteiger partial charge in [0.1, 0.15) is 11.5 Å². The summed E-state index contributed by atoms with van der Waals surface area (Å²) < 4.78 is 5.89. The van der Waals surface area contributed by atoms with Crippen LogP contribution in [0.3, 0.4) is 0 Å². The van der Waals surface area contributed by atoms with Crippen molar-refractivity contribution in [1.29, 1.82) is 0 Å². The second-order valence-corrected chi connectivity index (χ2v) is 11.7. The van der Waals surface area contributed by atoms with Crippen LogP contribution in [0.2, 0.25) is 0 Å². The number of phenolic OH excluding ortho intramolecular Hbond substituents is 1. The maximum absolute atomic E-state index is 13.0. The van der Waals surface area contributed by atoms with Crippen LogP contribution in [-0.2, 0) is 6.42 Å². The molecule has 224 valence electrons. The summed E-state index contributed by atoms with van der Waals surface area (Å²) >= 11 is 0. The van der Waals surface area contributed by atoms with Gasteiger partial charge in [0.2, 0.25) is 0 Å². The number of ether oxygens (including phenoxy) is 1. The van der Waals surface area contributed by atoms with Crippen LogP contribution in [0.1, 0.15) is 164 Å². The molecule has 0 aromatic heterocycles. The lowest BCUT2D eigenvalue weighted by molar-refractivity contribution is 0.103. The highest BCUT2D eigenvalue weighted by molar-refractivity contribution is 6.10. The fourth-order valence-electron chi connectivity index (χ4n) is 5.38. The summed E-state index contributed by atoms with van der Waals surface area (Å²) in [5, 5.41) is 10.6. The summed E-state index contributed by atoms with van der Waals surface area (Å²) in [6, 6.07) is 12.9. The zero-order valence-corrected chi connectivity index (χ0v) is 25.9. The second kappa shape index (κ2) is 22.4. The van der Waals surface area contributed by atoms with Crippen LogP contribution < -0.4 is 4.74 Å². The lowest BCUT2D eigenvalue weighted by Gasteiger charge is -2.09. The molecule has 0 saturated carbocycles. The number of rotatable bonds is 25. The third-order valence-corrected chi connectivity index (χ3v) is 8.01. The van der Waals surface area contributed by atoms with Gasteiger partial charge < -0.3 is 9.84 Å². The van der Waals surface area contributed by atoms with E-state index in [0.29, 0.717) is 17.7 Å². The van der Waals surface area contributed by atoms with Crippen molar-refractivity contribution in [3.63, 3.8) is 0 Å². The summed E-state index contributed by atoms with van der Waals surface area (Å²) in [5.74, 6) is 0.726. The first kappa shape index (κ1) is 33.9. The van der Waals surface area contributed by atoms with Crippen LogP contribution in [0.4, 0.5) is 0 Å². The van der Waals surface area contributed by atoms with Gasteiger partial charge in [0.15, 0.2) is 5.78 Å². The topological polar surface area (TPSA) is 46.5 Å². The number of aromatic hydroxyl groups is 1. The van der Waals surface area contributed by atoms with E-state index in [1.54, 1.807) is 24.3 Å². The molecule has 0 heterocycles. The predicted octanol–water partition coefficient (Wildman–Crippen LogP) is 11.4. The smallest absolute Gasteiger partial charge is 0.196 e. The van der Waals surface area contributed by atoms with Gasteiger partial charge in [-0.15, -0.1) is 0 Å². The lowest BCUT2D eigenvalue weighted by Crippen LogP contribution is -2.03. The van der Waals surface area contributed by atoms with Crippen LogP contribution in [0.25, 0.3) is 0 Å². The zero-order valence-electron chi connectivity index (χ0n) is 25.9. The molecule has 2 aromatic rings. The Morgan fingerprint density at radius 3 is 1.57 bits per heavy atom. The molecule has 0 saturated heterocycles. The summed E-state index contributed by atoms with van der Waals surface area (Å²) in [7, 11) is 0. The van der Waals surface area contributed by atoms with E-state index in [0.717, 1.165) is 30.6 Å². The van der Waals surface area contributed by atoms with Gasteiger partial charge in [0.05, 0.1) is 12.2 Å². The largest absolute Gasteiger partial charge is 0.507 e. The van der Waals surface area contributed by atoms with Crippen molar-refractivity contribution in [3.05, 3.63) is 59.2 Å². The molecule has 2 rings (SSSR count). The van der Waals surface area contributed by atoms with Crippen molar-refractivity contribution in [2.45, 2.75) is 149 Å². The standard InChI is InChI=1S/C37H58O3/c1-3-5-7-9-11-13-15-17-19-21-23-32-24-29-35(36(38)31-32)37(39)33-25-27-34(28-26-33)40-30-22-20-18-16-14-12-10-8-6-4-2/h24-29,31,38H,3-23,30H2,1-2H3. The SMILES string of the molecule is CCCCCCCCCCCCOc1ccc(C(=O)c2ccc(CCCCCCCCCCCC)cc2O)cc1. The molecular weight excluding hydrogens is 492 g/mol. The van der Waals surface area contributed by atoms with Crippen molar-refractivity contribution in [1.82, 2.24) is 0 Å². The molecule has 3 heteroatoms. The molecule has 2 aromatic carbocycles. The molecular formula is C37H58O3. The molecule has 0 radical (unpaired) electrons. The molecule has 0 spiro atoms. The number of phenols is 1. The molecule has 0 aliphatic carbocycles. The second-order valence-electron chi connectivity index (χ2n) is 11.7.